The van der Waals surface area contributed by atoms with E-state index in [1.807, 2.05) is 13.8 Å². The monoisotopic (exact) mass is 244 g/mol. The summed E-state index contributed by atoms with van der Waals surface area (Å²) < 4.78 is 0. The smallest absolute Gasteiger partial charge is 0.303 e. The van der Waals surface area contributed by atoms with Gasteiger partial charge in [0.15, 0.2) is 0 Å². The van der Waals surface area contributed by atoms with Crippen LogP contribution in [0.4, 0.5) is 0 Å². The Morgan fingerprint density at radius 2 is 1.94 bits per heavy atom. The molecule has 0 saturated heterocycles. The van der Waals surface area contributed by atoms with Crippen LogP contribution in [0.15, 0.2) is 0 Å². The SMILES string of the molecule is CC[C@H](C)[C@H](NCCCCCC(=O)O)C(N)=O. The molecule has 0 aliphatic rings. The molecule has 17 heavy (non-hydrogen) atoms. The number of rotatable bonds is 10. The highest BCUT2D eigenvalue weighted by atomic mass is 16.4. The van der Waals surface area contributed by atoms with Crippen LogP contribution in [0.25, 0.3) is 0 Å². The van der Waals surface area contributed by atoms with Crippen LogP contribution < -0.4 is 11.1 Å². The number of aliphatic carboxylic acids is 1. The fourth-order valence-electron chi connectivity index (χ4n) is 1.65. The third-order valence-electron chi connectivity index (χ3n) is 2.95. The topological polar surface area (TPSA) is 92.4 Å². The number of hydrogen-bond acceptors (Lipinski definition) is 3. The van der Waals surface area contributed by atoms with E-state index < -0.39 is 5.97 Å². The first-order chi connectivity index (χ1) is 7.99. The number of carboxylic acid groups (broad SMARTS) is 1. The van der Waals surface area contributed by atoms with Gasteiger partial charge in [0.1, 0.15) is 0 Å². The van der Waals surface area contributed by atoms with E-state index >= 15 is 0 Å². The van der Waals surface area contributed by atoms with E-state index in [4.69, 9.17) is 10.8 Å². The van der Waals surface area contributed by atoms with Gasteiger partial charge < -0.3 is 16.2 Å². The summed E-state index contributed by atoms with van der Waals surface area (Å²) in [7, 11) is 0. The Morgan fingerprint density at radius 1 is 1.29 bits per heavy atom. The standard InChI is InChI=1S/C12H24N2O3/c1-3-9(2)11(12(13)17)14-8-6-4-5-7-10(15)16/h9,11,14H,3-8H2,1-2H3,(H2,13,17)(H,15,16)/t9-,11-/m0/s1. The molecule has 5 heteroatoms. The number of carbonyl (C=O) groups is 2. The van der Waals surface area contributed by atoms with Crippen molar-refractivity contribution in [2.24, 2.45) is 11.7 Å². The predicted octanol–water partition coefficient (Wildman–Crippen LogP) is 1.12. The van der Waals surface area contributed by atoms with Crippen molar-refractivity contribution in [2.75, 3.05) is 6.54 Å². The number of nitrogens with two attached hydrogens (primary N) is 1. The molecule has 4 N–H and O–H groups in total. The summed E-state index contributed by atoms with van der Waals surface area (Å²) in [6, 6.07) is -0.278. The van der Waals surface area contributed by atoms with Gasteiger partial charge in [-0.1, -0.05) is 26.7 Å². The molecule has 0 spiro atoms. The highest BCUT2D eigenvalue weighted by molar-refractivity contribution is 5.80. The highest BCUT2D eigenvalue weighted by Crippen LogP contribution is 2.07. The molecule has 0 aromatic carbocycles. The second kappa shape index (κ2) is 8.98. The normalized spacial score (nSPS) is 14.2. The van der Waals surface area contributed by atoms with Gasteiger partial charge in [-0.2, -0.15) is 0 Å². The molecule has 0 saturated carbocycles. The first kappa shape index (κ1) is 15.9. The average Bonchev–Trinajstić information content (AvgIpc) is 2.26. The molecule has 0 aromatic heterocycles. The number of unbranched alkanes of at least 4 members (excludes halogenated alkanes) is 2. The molecule has 100 valence electrons. The molecular weight excluding hydrogens is 220 g/mol. The van der Waals surface area contributed by atoms with E-state index in [-0.39, 0.29) is 24.3 Å². The molecule has 0 aliphatic heterocycles. The van der Waals surface area contributed by atoms with Crippen molar-refractivity contribution in [1.82, 2.24) is 5.32 Å². The van der Waals surface area contributed by atoms with E-state index in [2.05, 4.69) is 5.32 Å². The number of nitrogens with one attached hydrogen (secondary N) is 1. The van der Waals surface area contributed by atoms with Crippen LogP contribution in [0.1, 0.15) is 46.0 Å². The zero-order valence-corrected chi connectivity index (χ0v) is 10.7. The van der Waals surface area contributed by atoms with E-state index in [1.54, 1.807) is 0 Å². The molecule has 0 unspecified atom stereocenters. The summed E-state index contributed by atoms with van der Waals surface area (Å²) in [5.74, 6) is -0.844. The van der Waals surface area contributed by atoms with Crippen LogP contribution in [0, 0.1) is 5.92 Å². The zero-order valence-electron chi connectivity index (χ0n) is 10.7. The summed E-state index contributed by atoms with van der Waals surface area (Å²) in [6.07, 6.45) is 3.52. The van der Waals surface area contributed by atoms with Crippen LogP contribution >= 0.6 is 0 Å². The lowest BCUT2D eigenvalue weighted by molar-refractivity contribution is -0.137. The lowest BCUT2D eigenvalue weighted by Gasteiger charge is -2.21. The maximum absolute atomic E-state index is 11.2. The fraction of sp³-hybridized carbons (Fsp3) is 0.833. The van der Waals surface area contributed by atoms with Crippen molar-refractivity contribution in [3.8, 4) is 0 Å². The zero-order chi connectivity index (χ0) is 13.3. The second-order valence-electron chi connectivity index (χ2n) is 4.42. The molecule has 0 heterocycles. The van der Waals surface area contributed by atoms with Crippen molar-refractivity contribution >= 4 is 11.9 Å². The van der Waals surface area contributed by atoms with Crippen LogP contribution in [0.3, 0.4) is 0 Å². The number of primary amides is 1. The summed E-state index contributed by atoms with van der Waals surface area (Å²) in [6.45, 7) is 4.72. The summed E-state index contributed by atoms with van der Waals surface area (Å²) >= 11 is 0. The van der Waals surface area contributed by atoms with Crippen LogP contribution in [0.2, 0.25) is 0 Å². The first-order valence-corrected chi connectivity index (χ1v) is 6.23. The molecule has 5 nitrogen and oxygen atoms in total. The second-order valence-corrected chi connectivity index (χ2v) is 4.42. The van der Waals surface area contributed by atoms with Gasteiger partial charge in [0.05, 0.1) is 6.04 Å². The third-order valence-corrected chi connectivity index (χ3v) is 2.95. The Balaban J connectivity index is 3.69. The molecule has 0 radical (unpaired) electrons. The molecular formula is C12H24N2O3. The van der Waals surface area contributed by atoms with Gasteiger partial charge in [-0.25, -0.2) is 0 Å². The number of carboxylic acids is 1. The summed E-state index contributed by atoms with van der Waals surface area (Å²) in [5.41, 5.74) is 5.31. The minimum Gasteiger partial charge on any atom is -0.481 e. The van der Waals surface area contributed by atoms with E-state index in [0.717, 1.165) is 19.3 Å². The van der Waals surface area contributed by atoms with Gasteiger partial charge in [0.25, 0.3) is 0 Å². The van der Waals surface area contributed by atoms with Crippen molar-refractivity contribution in [3.05, 3.63) is 0 Å². The quantitative estimate of drug-likeness (QED) is 0.502. The van der Waals surface area contributed by atoms with Crippen molar-refractivity contribution < 1.29 is 14.7 Å². The number of hydrogen-bond donors (Lipinski definition) is 3. The summed E-state index contributed by atoms with van der Waals surface area (Å²) in [4.78, 5) is 21.5. The van der Waals surface area contributed by atoms with E-state index in [0.29, 0.717) is 13.0 Å². The molecule has 2 atom stereocenters. The Bertz CT molecular complexity index is 244. The average molecular weight is 244 g/mol. The van der Waals surface area contributed by atoms with Crippen molar-refractivity contribution in [3.63, 3.8) is 0 Å². The minimum atomic E-state index is -0.757. The van der Waals surface area contributed by atoms with Crippen molar-refractivity contribution in [1.29, 1.82) is 0 Å². The Hall–Kier alpha value is -1.10. The van der Waals surface area contributed by atoms with Crippen molar-refractivity contribution in [2.45, 2.75) is 52.0 Å². The lowest BCUT2D eigenvalue weighted by Crippen LogP contribution is -2.46. The van der Waals surface area contributed by atoms with Crippen LogP contribution in [-0.2, 0) is 9.59 Å². The van der Waals surface area contributed by atoms with E-state index in [9.17, 15) is 9.59 Å². The summed E-state index contributed by atoms with van der Waals surface area (Å²) in [5, 5.41) is 11.6. The van der Waals surface area contributed by atoms with Gasteiger partial charge in [-0.3, -0.25) is 9.59 Å². The molecule has 0 rings (SSSR count). The number of amides is 1. The molecule has 0 aliphatic carbocycles. The largest absolute Gasteiger partial charge is 0.481 e. The maximum Gasteiger partial charge on any atom is 0.303 e. The van der Waals surface area contributed by atoms with Crippen LogP contribution in [-0.4, -0.2) is 29.6 Å². The first-order valence-electron chi connectivity index (χ1n) is 6.23. The molecule has 0 fully saturated rings. The van der Waals surface area contributed by atoms with Gasteiger partial charge in [0, 0.05) is 6.42 Å². The Labute approximate surface area is 103 Å². The van der Waals surface area contributed by atoms with Gasteiger partial charge >= 0.3 is 5.97 Å². The fourth-order valence-corrected chi connectivity index (χ4v) is 1.65. The molecule has 0 bridgehead atoms. The number of carbonyl (C=O) groups excluding carboxylic acids is 1. The maximum atomic E-state index is 11.2. The molecule has 1 amide bonds. The lowest BCUT2D eigenvalue weighted by atomic mass is 9.98. The van der Waals surface area contributed by atoms with Gasteiger partial charge in [-0.15, -0.1) is 0 Å². The highest BCUT2D eigenvalue weighted by Gasteiger charge is 2.20. The van der Waals surface area contributed by atoms with Gasteiger partial charge in [-0.05, 0) is 25.3 Å². The third kappa shape index (κ3) is 7.74. The minimum absolute atomic E-state index is 0.213. The Kier molecular flexibility index (Phi) is 8.40. The Morgan fingerprint density at radius 3 is 2.41 bits per heavy atom. The van der Waals surface area contributed by atoms with Crippen LogP contribution in [0.5, 0.6) is 0 Å². The van der Waals surface area contributed by atoms with Gasteiger partial charge in [0.2, 0.25) is 5.91 Å². The predicted molar refractivity (Wildman–Crippen MR) is 66.5 cm³/mol. The molecule has 0 aromatic rings. The van der Waals surface area contributed by atoms with E-state index in [1.165, 1.54) is 0 Å².